The summed E-state index contributed by atoms with van der Waals surface area (Å²) in [4.78, 5) is 22.3. The number of nitrogens with zero attached hydrogens (tertiary/aromatic N) is 1. The minimum Gasteiger partial charge on any atom is -0.546 e. The molecule has 2 aromatic carbocycles. The molecule has 1 amide bonds. The van der Waals surface area contributed by atoms with Crippen LogP contribution in [0.5, 0.6) is 17.2 Å². The fourth-order valence-corrected chi connectivity index (χ4v) is 1.94. The van der Waals surface area contributed by atoms with E-state index in [2.05, 4.69) is 10.5 Å². The molecule has 0 aliphatic heterocycles. The van der Waals surface area contributed by atoms with Crippen LogP contribution in [0.3, 0.4) is 0 Å². The van der Waals surface area contributed by atoms with Crippen molar-refractivity contribution in [2.75, 3.05) is 20.3 Å². The van der Waals surface area contributed by atoms with Crippen LogP contribution in [0.2, 0.25) is 0 Å². The topological polar surface area (TPSA) is 109 Å². The molecule has 0 fully saturated rings. The predicted molar refractivity (Wildman–Crippen MR) is 91.2 cm³/mol. The third-order valence-electron chi connectivity index (χ3n) is 3.09. The number of carbonyl (C=O) groups is 2. The number of hydrogen-bond acceptors (Lipinski definition) is 7. The molecule has 0 aliphatic rings. The van der Waals surface area contributed by atoms with E-state index in [1.807, 2.05) is 0 Å². The second-order valence-electron chi connectivity index (χ2n) is 4.93. The Hall–Kier alpha value is -3.55. The van der Waals surface area contributed by atoms with E-state index in [1.54, 1.807) is 48.5 Å². The summed E-state index contributed by atoms with van der Waals surface area (Å²) in [5, 5.41) is 14.3. The average Bonchev–Trinajstić information content (AvgIpc) is 2.65. The average molecular weight is 357 g/mol. The molecular weight excluding hydrogens is 340 g/mol. The fourth-order valence-electron chi connectivity index (χ4n) is 1.94. The van der Waals surface area contributed by atoms with Crippen molar-refractivity contribution in [3.63, 3.8) is 0 Å². The molecule has 0 heterocycles. The number of methoxy groups -OCH3 is 1. The highest BCUT2D eigenvalue weighted by Crippen LogP contribution is 2.25. The van der Waals surface area contributed by atoms with Crippen molar-refractivity contribution < 1.29 is 28.9 Å². The van der Waals surface area contributed by atoms with E-state index in [4.69, 9.17) is 14.2 Å². The van der Waals surface area contributed by atoms with E-state index in [9.17, 15) is 14.7 Å². The molecule has 8 heteroatoms. The smallest absolute Gasteiger partial charge is 0.277 e. The van der Waals surface area contributed by atoms with Crippen LogP contribution < -0.4 is 24.7 Å². The first-order valence-corrected chi connectivity index (χ1v) is 7.59. The Bertz CT molecular complexity index is 791. The molecule has 0 aromatic heterocycles. The second-order valence-corrected chi connectivity index (χ2v) is 4.93. The summed E-state index contributed by atoms with van der Waals surface area (Å²) in [5.74, 6) is -0.545. The van der Waals surface area contributed by atoms with Crippen molar-refractivity contribution in [2.45, 2.75) is 0 Å². The molecule has 0 atom stereocenters. The molecule has 0 radical (unpaired) electrons. The first-order chi connectivity index (χ1) is 12.6. The van der Waals surface area contributed by atoms with Gasteiger partial charge in [0.2, 0.25) is 0 Å². The largest absolute Gasteiger partial charge is 0.546 e. The Kier molecular flexibility index (Phi) is 6.99. The summed E-state index contributed by atoms with van der Waals surface area (Å²) in [6.45, 7) is -0.829. The maximum Gasteiger partial charge on any atom is 0.277 e. The number of aliphatic carboxylic acids is 1. The Balaban J connectivity index is 1.88. The summed E-state index contributed by atoms with van der Waals surface area (Å²) < 4.78 is 15.6. The predicted octanol–water partition coefficient (Wildman–Crippen LogP) is 0.353. The zero-order valence-electron chi connectivity index (χ0n) is 14.0. The van der Waals surface area contributed by atoms with E-state index in [1.165, 1.54) is 13.3 Å². The minimum atomic E-state index is -1.33. The monoisotopic (exact) mass is 357 g/mol. The second kappa shape index (κ2) is 9.67. The number of para-hydroxylation sites is 3. The number of amides is 1. The normalized spacial score (nSPS) is 10.3. The summed E-state index contributed by atoms with van der Waals surface area (Å²) in [5.41, 5.74) is 2.81. The van der Waals surface area contributed by atoms with Crippen molar-refractivity contribution in [3.8, 4) is 17.2 Å². The van der Waals surface area contributed by atoms with Crippen LogP contribution >= 0.6 is 0 Å². The third-order valence-corrected chi connectivity index (χ3v) is 3.09. The number of rotatable bonds is 9. The lowest BCUT2D eigenvalue weighted by atomic mass is 10.2. The molecule has 8 nitrogen and oxygen atoms in total. The molecule has 2 aromatic rings. The van der Waals surface area contributed by atoms with E-state index in [-0.39, 0.29) is 6.61 Å². The van der Waals surface area contributed by atoms with Crippen molar-refractivity contribution in [2.24, 2.45) is 5.10 Å². The summed E-state index contributed by atoms with van der Waals surface area (Å²) in [6.07, 6.45) is 1.34. The van der Waals surface area contributed by atoms with Crippen LogP contribution in [0.25, 0.3) is 0 Å². The van der Waals surface area contributed by atoms with Crippen LogP contribution in [-0.4, -0.2) is 38.4 Å². The quantitative estimate of drug-likeness (QED) is 0.512. The molecule has 0 unspecified atom stereocenters. The van der Waals surface area contributed by atoms with Crippen molar-refractivity contribution in [1.82, 2.24) is 5.43 Å². The zero-order valence-corrected chi connectivity index (χ0v) is 14.0. The highest BCUT2D eigenvalue weighted by molar-refractivity contribution is 5.85. The molecule has 0 spiro atoms. The first-order valence-electron chi connectivity index (χ1n) is 7.59. The number of ether oxygens (including phenoxy) is 3. The van der Waals surface area contributed by atoms with Gasteiger partial charge < -0.3 is 24.1 Å². The number of benzene rings is 2. The van der Waals surface area contributed by atoms with Crippen molar-refractivity contribution in [3.05, 3.63) is 54.1 Å². The Labute approximate surface area is 150 Å². The van der Waals surface area contributed by atoms with Crippen LogP contribution in [-0.2, 0) is 9.59 Å². The molecule has 0 saturated carbocycles. The van der Waals surface area contributed by atoms with Gasteiger partial charge in [-0.15, -0.1) is 0 Å². The molecule has 136 valence electrons. The number of hydrogen-bond donors (Lipinski definition) is 1. The maximum absolute atomic E-state index is 11.8. The number of nitrogens with one attached hydrogen (secondary N) is 1. The Morgan fingerprint density at radius 1 is 1.00 bits per heavy atom. The van der Waals surface area contributed by atoms with Gasteiger partial charge in [-0.25, -0.2) is 5.43 Å². The number of carbonyl (C=O) groups excluding carboxylic acids is 2. The van der Waals surface area contributed by atoms with Gasteiger partial charge in [-0.1, -0.05) is 24.3 Å². The molecule has 0 bridgehead atoms. The molecule has 0 saturated heterocycles. The maximum atomic E-state index is 11.8. The van der Waals surface area contributed by atoms with Gasteiger partial charge in [0, 0.05) is 5.56 Å². The van der Waals surface area contributed by atoms with Gasteiger partial charge >= 0.3 is 0 Å². The van der Waals surface area contributed by atoms with Crippen molar-refractivity contribution in [1.29, 1.82) is 0 Å². The molecule has 26 heavy (non-hydrogen) atoms. The minimum absolute atomic E-state index is 0.249. The lowest BCUT2D eigenvalue weighted by Crippen LogP contribution is -2.29. The van der Waals surface area contributed by atoms with Crippen LogP contribution in [0.4, 0.5) is 0 Å². The van der Waals surface area contributed by atoms with Gasteiger partial charge in [0.15, 0.2) is 18.1 Å². The van der Waals surface area contributed by atoms with E-state index < -0.39 is 18.5 Å². The lowest BCUT2D eigenvalue weighted by Gasteiger charge is -2.10. The van der Waals surface area contributed by atoms with Crippen LogP contribution in [0, 0.1) is 0 Å². The molecule has 0 aliphatic carbocycles. The van der Waals surface area contributed by atoms with E-state index in [0.29, 0.717) is 22.8 Å². The van der Waals surface area contributed by atoms with Gasteiger partial charge in [0.25, 0.3) is 5.91 Å². The highest BCUT2D eigenvalue weighted by atomic mass is 16.5. The molecule has 1 N–H and O–H groups in total. The zero-order chi connectivity index (χ0) is 18.8. The van der Waals surface area contributed by atoms with Crippen LogP contribution in [0.15, 0.2) is 53.6 Å². The Morgan fingerprint density at radius 2 is 1.62 bits per heavy atom. The number of carboxylic acids is 1. The SMILES string of the molecule is COc1ccccc1OCC(=O)NN=Cc1ccccc1OCC(=O)[O-]. The highest BCUT2D eigenvalue weighted by Gasteiger charge is 2.06. The third kappa shape index (κ3) is 5.82. The Morgan fingerprint density at radius 3 is 2.31 bits per heavy atom. The van der Waals surface area contributed by atoms with Gasteiger partial charge in [0.05, 0.1) is 19.3 Å². The standard InChI is InChI=1S/C18H18N2O6/c1-24-15-8-4-5-9-16(15)25-11-17(21)20-19-10-13-6-2-3-7-14(13)26-12-18(22)23/h2-10H,11-12H2,1H3,(H,20,21)(H,22,23)/p-1. The van der Waals surface area contributed by atoms with E-state index >= 15 is 0 Å². The van der Waals surface area contributed by atoms with E-state index in [0.717, 1.165) is 0 Å². The molecule has 2 rings (SSSR count). The lowest BCUT2D eigenvalue weighted by molar-refractivity contribution is -0.307. The number of hydrazone groups is 1. The summed E-state index contributed by atoms with van der Waals surface area (Å²) in [7, 11) is 1.51. The summed E-state index contributed by atoms with van der Waals surface area (Å²) >= 11 is 0. The fraction of sp³-hybridized carbons (Fsp3) is 0.167. The van der Waals surface area contributed by atoms with Crippen molar-refractivity contribution >= 4 is 18.1 Å². The van der Waals surface area contributed by atoms with Crippen LogP contribution in [0.1, 0.15) is 5.56 Å². The van der Waals surface area contributed by atoms with Gasteiger partial charge in [0.1, 0.15) is 12.4 Å². The molecular formula is C18H17N2O6-. The number of carboxylic acid groups (broad SMARTS) is 1. The van der Waals surface area contributed by atoms with Gasteiger partial charge in [-0.05, 0) is 24.3 Å². The first kappa shape index (κ1) is 18.8. The van der Waals surface area contributed by atoms with Gasteiger partial charge in [-0.3, -0.25) is 4.79 Å². The summed E-state index contributed by atoms with van der Waals surface area (Å²) in [6, 6.07) is 13.6. The van der Waals surface area contributed by atoms with Gasteiger partial charge in [-0.2, -0.15) is 5.10 Å².